The number of nitrogens with one attached hydrogen (secondary N) is 1. The maximum atomic E-state index is 11.9. The van der Waals surface area contributed by atoms with Crippen LogP contribution in [-0.2, 0) is 9.53 Å². The Hall–Kier alpha value is -1.10. The van der Waals surface area contributed by atoms with Crippen LogP contribution >= 0.6 is 0 Å². The van der Waals surface area contributed by atoms with Crippen LogP contribution in [0.1, 0.15) is 73.6 Å². The highest BCUT2D eigenvalue weighted by Gasteiger charge is 2.32. The Morgan fingerprint density at radius 1 is 1.13 bits per heavy atom. The summed E-state index contributed by atoms with van der Waals surface area (Å²) < 4.78 is 5.29. The third-order valence-electron chi connectivity index (χ3n) is 3.45. The minimum atomic E-state index is -0.504. The number of ether oxygens (including phenoxy) is 1. The van der Waals surface area contributed by atoms with Gasteiger partial charge in [-0.2, -0.15) is 0 Å². The highest BCUT2D eigenvalue weighted by molar-refractivity contribution is 5.85. The molecule has 1 aliphatic rings. The molecule has 5 nitrogen and oxygen atoms in total. The summed E-state index contributed by atoms with van der Waals surface area (Å²) in [5.41, 5.74) is -0.504. The van der Waals surface area contributed by atoms with Crippen LogP contribution in [0.5, 0.6) is 0 Å². The largest absolute Gasteiger partial charge is 0.444 e. The first-order valence-electron chi connectivity index (χ1n) is 8.93. The quantitative estimate of drug-likeness (QED) is 0.781. The van der Waals surface area contributed by atoms with Crippen molar-refractivity contribution in [2.45, 2.75) is 85.3 Å². The number of rotatable bonds is 5. The van der Waals surface area contributed by atoms with Gasteiger partial charge in [0.1, 0.15) is 5.60 Å². The van der Waals surface area contributed by atoms with Crippen molar-refractivity contribution in [1.82, 2.24) is 10.2 Å². The zero-order valence-electron chi connectivity index (χ0n) is 15.9. The lowest BCUT2D eigenvalue weighted by atomic mass is 10.00. The molecule has 0 spiro atoms. The van der Waals surface area contributed by atoms with Gasteiger partial charge in [-0.15, -0.1) is 0 Å². The summed E-state index contributed by atoms with van der Waals surface area (Å²) in [6.07, 6.45) is 4.84. The summed E-state index contributed by atoms with van der Waals surface area (Å²) in [5.74, 6) is 0.0468. The summed E-state index contributed by atoms with van der Waals surface area (Å²) in [6.45, 7) is 14.4. The van der Waals surface area contributed by atoms with Gasteiger partial charge < -0.3 is 10.1 Å². The molecule has 1 fully saturated rings. The summed E-state index contributed by atoms with van der Waals surface area (Å²) in [5, 5.41) is 3.28. The molecule has 1 saturated heterocycles. The number of carbonyl (C=O) groups is 2. The monoisotopic (exact) mass is 328 g/mol. The summed E-state index contributed by atoms with van der Waals surface area (Å²) in [6, 6.07) is -0.288. The van der Waals surface area contributed by atoms with E-state index in [0.717, 1.165) is 19.3 Å². The number of carbonyl (C=O) groups excluding carboxylic acids is 2. The zero-order chi connectivity index (χ0) is 17.9. The highest BCUT2D eigenvalue weighted by atomic mass is 16.6. The molecule has 1 atom stereocenters. The average molecular weight is 328 g/mol. The van der Waals surface area contributed by atoms with E-state index in [2.05, 4.69) is 19.2 Å². The Morgan fingerprint density at radius 2 is 1.70 bits per heavy atom. The van der Waals surface area contributed by atoms with Gasteiger partial charge in [0.25, 0.3) is 0 Å². The third kappa shape index (κ3) is 10.3. The molecule has 0 aliphatic carbocycles. The van der Waals surface area contributed by atoms with Crippen LogP contribution in [0.4, 0.5) is 4.79 Å². The third-order valence-corrected chi connectivity index (χ3v) is 3.45. The maximum Gasteiger partial charge on any atom is 0.410 e. The smallest absolute Gasteiger partial charge is 0.410 e. The fourth-order valence-electron chi connectivity index (χ4n) is 2.37. The predicted molar refractivity (Wildman–Crippen MR) is 94.7 cm³/mol. The fourth-order valence-corrected chi connectivity index (χ4v) is 2.37. The van der Waals surface area contributed by atoms with E-state index in [4.69, 9.17) is 4.74 Å². The van der Waals surface area contributed by atoms with Crippen molar-refractivity contribution in [3.05, 3.63) is 0 Å². The van der Waals surface area contributed by atoms with Gasteiger partial charge >= 0.3 is 6.09 Å². The molecule has 1 aliphatic heterocycles. The van der Waals surface area contributed by atoms with Crippen LogP contribution in [0.2, 0.25) is 0 Å². The molecule has 0 aromatic carbocycles. The first-order chi connectivity index (χ1) is 10.7. The van der Waals surface area contributed by atoms with Crippen molar-refractivity contribution in [1.29, 1.82) is 0 Å². The number of ketones is 1. The topological polar surface area (TPSA) is 58.6 Å². The molecular weight excluding hydrogens is 292 g/mol. The van der Waals surface area contributed by atoms with Gasteiger partial charge in [-0.05, 0) is 72.9 Å². The van der Waals surface area contributed by atoms with Gasteiger partial charge in [-0.3, -0.25) is 9.69 Å². The van der Waals surface area contributed by atoms with Gasteiger partial charge in [0.05, 0.1) is 6.04 Å². The Labute approximate surface area is 142 Å². The molecule has 1 amide bonds. The van der Waals surface area contributed by atoms with Crippen molar-refractivity contribution in [3.63, 3.8) is 0 Å². The van der Waals surface area contributed by atoms with E-state index in [1.807, 2.05) is 20.8 Å². The van der Waals surface area contributed by atoms with E-state index < -0.39 is 5.60 Å². The van der Waals surface area contributed by atoms with E-state index >= 15 is 0 Å². The molecule has 136 valence electrons. The molecule has 1 N–H and O–H groups in total. The number of amides is 1. The van der Waals surface area contributed by atoms with Crippen LogP contribution in [0.25, 0.3) is 0 Å². The highest BCUT2D eigenvalue weighted by Crippen LogP contribution is 2.20. The summed E-state index contributed by atoms with van der Waals surface area (Å²) in [4.78, 5) is 24.9. The van der Waals surface area contributed by atoms with E-state index in [0.29, 0.717) is 6.54 Å². The van der Waals surface area contributed by atoms with Gasteiger partial charge in [0.2, 0.25) is 0 Å². The predicted octanol–water partition coefficient (Wildman–Crippen LogP) is 3.76. The van der Waals surface area contributed by atoms with E-state index in [1.165, 1.54) is 32.9 Å². The summed E-state index contributed by atoms with van der Waals surface area (Å²) in [7, 11) is 0. The first kappa shape index (κ1) is 21.9. The number of piperidine rings is 1. The normalized spacial score (nSPS) is 18.0. The van der Waals surface area contributed by atoms with Gasteiger partial charge in [0.15, 0.2) is 5.78 Å². The van der Waals surface area contributed by atoms with Crippen LogP contribution in [0.3, 0.4) is 0 Å². The molecule has 0 saturated carbocycles. The van der Waals surface area contributed by atoms with E-state index in [-0.39, 0.29) is 17.9 Å². The zero-order valence-corrected chi connectivity index (χ0v) is 15.9. The van der Waals surface area contributed by atoms with E-state index in [9.17, 15) is 9.59 Å². The number of hydrogen-bond donors (Lipinski definition) is 1. The number of hydrogen-bond acceptors (Lipinski definition) is 4. The van der Waals surface area contributed by atoms with Crippen molar-refractivity contribution >= 4 is 11.9 Å². The second kappa shape index (κ2) is 11.4. The number of Topliss-reactive ketones (excluding diaryl/α,β-unsaturated/α-hetero) is 1. The molecule has 23 heavy (non-hydrogen) atoms. The van der Waals surface area contributed by atoms with E-state index in [1.54, 1.807) is 4.90 Å². The Balaban J connectivity index is 0.000000585. The minimum Gasteiger partial charge on any atom is -0.444 e. The molecule has 5 heteroatoms. The van der Waals surface area contributed by atoms with Gasteiger partial charge in [0, 0.05) is 6.54 Å². The molecule has 0 bridgehead atoms. The second-order valence-electron chi connectivity index (χ2n) is 7.05. The minimum absolute atomic E-state index is 0.0468. The van der Waals surface area contributed by atoms with Crippen molar-refractivity contribution in [3.8, 4) is 0 Å². The average Bonchev–Trinajstić information content (AvgIpc) is 2.46. The van der Waals surface area contributed by atoms with Crippen LogP contribution in [0, 0.1) is 0 Å². The van der Waals surface area contributed by atoms with Gasteiger partial charge in [-0.25, -0.2) is 4.79 Å². The molecule has 0 radical (unpaired) electrons. The van der Waals surface area contributed by atoms with Crippen molar-refractivity contribution in [2.24, 2.45) is 0 Å². The van der Waals surface area contributed by atoms with Crippen LogP contribution in [0.15, 0.2) is 0 Å². The summed E-state index contributed by atoms with van der Waals surface area (Å²) >= 11 is 0. The Kier molecular flexibility index (Phi) is 10.9. The molecule has 1 heterocycles. The van der Waals surface area contributed by atoms with Crippen molar-refractivity contribution < 1.29 is 14.3 Å². The van der Waals surface area contributed by atoms with Gasteiger partial charge in [-0.1, -0.05) is 13.8 Å². The van der Waals surface area contributed by atoms with Crippen molar-refractivity contribution in [2.75, 3.05) is 19.6 Å². The lowest BCUT2D eigenvalue weighted by molar-refractivity contribution is -0.123. The molecule has 1 unspecified atom stereocenters. The first-order valence-corrected chi connectivity index (χ1v) is 8.93. The molecule has 0 aromatic heterocycles. The van der Waals surface area contributed by atoms with Crippen LogP contribution < -0.4 is 5.32 Å². The fraction of sp³-hybridized carbons (Fsp3) is 0.889. The standard InChI is InChI=1S/C12H21NO3.C6H15N/c1-9(14)10-7-5-6-8-13(10)11(15)16-12(2,3)4;1-3-5-7-6-4-2/h10H,5-8H2,1-4H3;7H,3-6H2,1-2H3. The van der Waals surface area contributed by atoms with Crippen LogP contribution in [-0.4, -0.2) is 48.1 Å². The lowest BCUT2D eigenvalue weighted by Crippen LogP contribution is -2.49. The Morgan fingerprint density at radius 3 is 2.13 bits per heavy atom. The molecule has 0 aromatic rings. The maximum absolute atomic E-state index is 11.9. The Bertz CT molecular complexity index is 347. The SMILES string of the molecule is CC(=O)C1CCCCN1C(=O)OC(C)(C)C.CCCNCCC. The lowest BCUT2D eigenvalue weighted by Gasteiger charge is -2.35. The molecular formula is C18H36N2O3. The molecule has 1 rings (SSSR count). The number of likely N-dealkylation sites (tertiary alicyclic amines) is 1. The second-order valence-corrected chi connectivity index (χ2v) is 7.05. The number of nitrogens with zero attached hydrogens (tertiary/aromatic N) is 1.